The molecule has 0 saturated carbocycles. The molecule has 2 rings (SSSR count). The second kappa shape index (κ2) is 13.8. The largest absolute Gasteiger partial charge is 0.480 e. The topological polar surface area (TPSA) is 141 Å². The lowest BCUT2D eigenvalue weighted by Crippen LogP contribution is -2.89. The molecule has 1 aliphatic rings. The Morgan fingerprint density at radius 1 is 1.00 bits per heavy atom. The van der Waals surface area contributed by atoms with Crippen molar-refractivity contribution in [2.75, 3.05) is 6.54 Å². The smallest absolute Gasteiger partial charge is 0.326 e. The van der Waals surface area contributed by atoms with Crippen LogP contribution in [0, 0.1) is 11.8 Å². The number of nitrogens with two attached hydrogens (primary N) is 1. The van der Waals surface area contributed by atoms with Crippen LogP contribution in [0.2, 0.25) is 0 Å². The lowest BCUT2D eigenvalue weighted by molar-refractivity contribution is -0.657. The number of carbonyl (C=O) groups excluding carboxylic acids is 3. The monoisotopic (exact) mass is 489 g/mol. The SMILES string of the molecule is CC[C@H](C)[C@H](NC(=O)[C@H](CC(C)C)NC(=O)[C@H](Cc1ccccc1)NC(=O)[C@@H]1CCC[NH2+]1)C(=O)O. The molecule has 1 fully saturated rings. The van der Waals surface area contributed by atoms with Crippen LogP contribution in [0.25, 0.3) is 0 Å². The minimum atomic E-state index is -1.11. The van der Waals surface area contributed by atoms with E-state index >= 15 is 0 Å². The predicted octanol–water partition coefficient (Wildman–Crippen LogP) is 0.586. The third-order valence-electron chi connectivity index (χ3n) is 6.54. The molecule has 0 radical (unpaired) electrons. The van der Waals surface area contributed by atoms with Crippen molar-refractivity contribution >= 4 is 23.7 Å². The number of rotatable bonds is 13. The zero-order valence-corrected chi connectivity index (χ0v) is 21.3. The first-order chi connectivity index (χ1) is 16.6. The molecule has 1 heterocycles. The standard InChI is InChI=1S/C26H40N4O5/c1-5-17(4)22(26(34)35)30-25(33)20(14-16(2)3)28-24(32)21(15-18-10-7-6-8-11-18)29-23(31)19-12-9-13-27-19/h6-8,10-11,16-17,19-22,27H,5,9,12-15H2,1-4H3,(H,28,32)(H,29,31)(H,30,33)(H,34,35)/p+1/t17-,19-,20-,21-,22-/m0/s1. The van der Waals surface area contributed by atoms with Gasteiger partial charge in [-0.1, -0.05) is 64.4 Å². The molecule has 1 saturated heterocycles. The summed E-state index contributed by atoms with van der Waals surface area (Å²) < 4.78 is 0. The van der Waals surface area contributed by atoms with Crippen LogP contribution in [0.4, 0.5) is 0 Å². The van der Waals surface area contributed by atoms with E-state index < -0.39 is 35.9 Å². The highest BCUT2D eigenvalue weighted by molar-refractivity contribution is 5.94. The molecular formula is C26H41N4O5+. The molecule has 9 heteroatoms. The van der Waals surface area contributed by atoms with Crippen LogP contribution in [0.5, 0.6) is 0 Å². The zero-order chi connectivity index (χ0) is 26.0. The minimum absolute atomic E-state index is 0.0770. The Hall–Kier alpha value is -2.94. The number of benzene rings is 1. The fourth-order valence-corrected chi connectivity index (χ4v) is 4.26. The van der Waals surface area contributed by atoms with Gasteiger partial charge < -0.3 is 26.4 Å². The first-order valence-corrected chi connectivity index (χ1v) is 12.6. The first kappa shape index (κ1) is 28.3. The number of quaternary nitrogens is 1. The molecule has 3 amide bonds. The fraction of sp³-hybridized carbons (Fsp3) is 0.615. The highest BCUT2D eigenvalue weighted by Gasteiger charge is 2.34. The molecule has 0 aromatic heterocycles. The van der Waals surface area contributed by atoms with Crippen LogP contribution in [0.3, 0.4) is 0 Å². The summed E-state index contributed by atoms with van der Waals surface area (Å²) in [5.74, 6) is -2.48. The van der Waals surface area contributed by atoms with Crippen LogP contribution >= 0.6 is 0 Å². The van der Waals surface area contributed by atoms with E-state index in [1.807, 2.05) is 56.4 Å². The summed E-state index contributed by atoms with van der Waals surface area (Å²) in [5, 5.41) is 19.8. The predicted molar refractivity (Wildman–Crippen MR) is 132 cm³/mol. The van der Waals surface area contributed by atoms with Crippen LogP contribution in [-0.4, -0.2) is 59.5 Å². The number of carboxylic acid groups (broad SMARTS) is 1. The van der Waals surface area contributed by atoms with Crippen LogP contribution in [0.15, 0.2) is 30.3 Å². The normalized spacial score (nSPS) is 18.8. The van der Waals surface area contributed by atoms with Gasteiger partial charge in [0, 0.05) is 19.3 Å². The van der Waals surface area contributed by atoms with Crippen molar-refractivity contribution in [3.8, 4) is 0 Å². The van der Waals surface area contributed by atoms with Crippen LogP contribution in [0.1, 0.15) is 58.9 Å². The number of carboxylic acids is 1. The maximum Gasteiger partial charge on any atom is 0.326 e. The van der Waals surface area contributed by atoms with Crippen molar-refractivity contribution in [2.24, 2.45) is 11.8 Å². The average Bonchev–Trinajstić information content (AvgIpc) is 3.36. The molecule has 0 spiro atoms. The highest BCUT2D eigenvalue weighted by Crippen LogP contribution is 2.12. The molecular weight excluding hydrogens is 448 g/mol. The third-order valence-corrected chi connectivity index (χ3v) is 6.54. The Labute approximate surface area is 207 Å². The van der Waals surface area contributed by atoms with Crippen molar-refractivity contribution in [3.05, 3.63) is 35.9 Å². The van der Waals surface area contributed by atoms with Crippen molar-refractivity contribution < 1.29 is 29.6 Å². The number of hydrogen-bond donors (Lipinski definition) is 5. The quantitative estimate of drug-likeness (QED) is 0.276. The molecule has 0 unspecified atom stereocenters. The van der Waals surface area contributed by atoms with Crippen molar-refractivity contribution in [2.45, 2.75) is 84.0 Å². The molecule has 35 heavy (non-hydrogen) atoms. The van der Waals surface area contributed by atoms with Crippen LogP contribution < -0.4 is 21.3 Å². The molecule has 1 aliphatic heterocycles. The summed E-state index contributed by atoms with van der Waals surface area (Å²) in [7, 11) is 0. The Kier molecular flexibility index (Phi) is 11.2. The van der Waals surface area contributed by atoms with E-state index in [1.165, 1.54) is 0 Å². The summed E-state index contributed by atoms with van der Waals surface area (Å²) in [6.07, 6.45) is 2.92. The van der Waals surface area contributed by atoms with Gasteiger partial charge >= 0.3 is 5.97 Å². The summed E-state index contributed by atoms with van der Waals surface area (Å²) >= 11 is 0. The lowest BCUT2D eigenvalue weighted by atomic mass is 9.97. The van der Waals surface area contributed by atoms with Gasteiger partial charge in [-0.15, -0.1) is 0 Å². The number of nitrogens with one attached hydrogen (secondary N) is 3. The van der Waals surface area contributed by atoms with Gasteiger partial charge in [-0.25, -0.2) is 4.79 Å². The Bertz CT molecular complexity index is 855. The molecule has 0 aliphatic carbocycles. The Morgan fingerprint density at radius 3 is 2.20 bits per heavy atom. The number of hydrogen-bond acceptors (Lipinski definition) is 4. The zero-order valence-electron chi connectivity index (χ0n) is 21.3. The summed E-state index contributed by atoms with van der Waals surface area (Å²) in [6, 6.07) is 6.35. The van der Waals surface area contributed by atoms with E-state index in [2.05, 4.69) is 16.0 Å². The minimum Gasteiger partial charge on any atom is -0.480 e. The molecule has 6 N–H and O–H groups in total. The third kappa shape index (κ3) is 8.98. The summed E-state index contributed by atoms with van der Waals surface area (Å²) in [6.45, 7) is 8.36. The van der Waals surface area contributed by atoms with Gasteiger partial charge in [0.15, 0.2) is 6.04 Å². The van der Waals surface area contributed by atoms with E-state index in [1.54, 1.807) is 6.92 Å². The Morgan fingerprint density at radius 2 is 1.66 bits per heavy atom. The van der Waals surface area contributed by atoms with Gasteiger partial charge in [0.05, 0.1) is 6.54 Å². The van der Waals surface area contributed by atoms with Gasteiger partial charge in [0.25, 0.3) is 5.91 Å². The van der Waals surface area contributed by atoms with E-state index in [4.69, 9.17) is 0 Å². The molecule has 1 aromatic carbocycles. The fourth-order valence-electron chi connectivity index (χ4n) is 4.26. The number of amides is 3. The highest BCUT2D eigenvalue weighted by atomic mass is 16.4. The van der Waals surface area contributed by atoms with Crippen LogP contribution in [-0.2, 0) is 25.6 Å². The van der Waals surface area contributed by atoms with E-state index in [0.717, 1.165) is 24.9 Å². The average molecular weight is 490 g/mol. The maximum absolute atomic E-state index is 13.4. The van der Waals surface area contributed by atoms with E-state index in [-0.39, 0.29) is 30.2 Å². The number of carbonyl (C=O) groups is 4. The molecule has 1 aromatic rings. The van der Waals surface area contributed by atoms with E-state index in [9.17, 15) is 24.3 Å². The van der Waals surface area contributed by atoms with Gasteiger partial charge in [-0.3, -0.25) is 14.4 Å². The van der Waals surface area contributed by atoms with Gasteiger partial charge in [0.2, 0.25) is 11.8 Å². The maximum atomic E-state index is 13.4. The second-order valence-corrected chi connectivity index (χ2v) is 9.92. The first-order valence-electron chi connectivity index (χ1n) is 12.6. The summed E-state index contributed by atoms with van der Waals surface area (Å²) in [4.78, 5) is 51.0. The lowest BCUT2D eigenvalue weighted by Gasteiger charge is -2.27. The number of aliphatic carboxylic acids is 1. The molecule has 0 bridgehead atoms. The molecule has 5 atom stereocenters. The molecule has 194 valence electrons. The van der Waals surface area contributed by atoms with Crippen molar-refractivity contribution in [1.82, 2.24) is 16.0 Å². The van der Waals surface area contributed by atoms with Gasteiger partial charge in [-0.2, -0.15) is 0 Å². The van der Waals surface area contributed by atoms with Gasteiger partial charge in [-0.05, 0) is 23.8 Å². The second-order valence-electron chi connectivity index (χ2n) is 9.92. The van der Waals surface area contributed by atoms with E-state index in [0.29, 0.717) is 12.8 Å². The van der Waals surface area contributed by atoms with Gasteiger partial charge in [0.1, 0.15) is 18.1 Å². The Balaban J connectivity index is 2.19. The van der Waals surface area contributed by atoms with Crippen molar-refractivity contribution in [3.63, 3.8) is 0 Å². The molecule has 9 nitrogen and oxygen atoms in total. The summed E-state index contributed by atoms with van der Waals surface area (Å²) in [5.41, 5.74) is 0.885. The van der Waals surface area contributed by atoms with Crippen molar-refractivity contribution in [1.29, 1.82) is 0 Å².